The molecule has 2 N–H and O–H groups in total. The molecule has 1 aliphatic carbocycles. The van der Waals surface area contributed by atoms with Crippen LogP contribution in [0.1, 0.15) is 59.8 Å². The first-order valence-electron chi connectivity index (χ1n) is 10.2. The third kappa shape index (κ3) is 4.22. The van der Waals surface area contributed by atoms with Crippen molar-refractivity contribution in [1.82, 2.24) is 10.2 Å². The molecule has 1 unspecified atom stereocenters. The zero-order valence-corrected chi connectivity index (χ0v) is 16.8. The van der Waals surface area contributed by atoms with Crippen molar-refractivity contribution >= 4 is 29.0 Å². The fourth-order valence-electron chi connectivity index (χ4n) is 4.35. The van der Waals surface area contributed by atoms with Crippen molar-refractivity contribution in [3.63, 3.8) is 0 Å². The molecule has 2 aliphatic rings. The summed E-state index contributed by atoms with van der Waals surface area (Å²) in [5.74, 6) is 0.477. The maximum atomic E-state index is 12.8. The Hall–Kier alpha value is -2.34. The summed E-state index contributed by atoms with van der Waals surface area (Å²) in [5.41, 5.74) is 1.14. The molecule has 1 aliphatic heterocycles. The van der Waals surface area contributed by atoms with E-state index in [2.05, 4.69) is 22.1 Å². The summed E-state index contributed by atoms with van der Waals surface area (Å²) in [6.07, 6.45) is 6.84. The van der Waals surface area contributed by atoms with Gasteiger partial charge in [0.15, 0.2) is 0 Å². The van der Waals surface area contributed by atoms with Crippen LogP contribution in [0, 0.1) is 5.92 Å². The maximum absolute atomic E-state index is 12.8. The molecule has 6 heteroatoms. The molecule has 0 radical (unpaired) electrons. The molecule has 0 spiro atoms. The highest BCUT2D eigenvalue weighted by molar-refractivity contribution is 7.10. The van der Waals surface area contributed by atoms with Crippen LogP contribution in [0.15, 0.2) is 41.8 Å². The van der Waals surface area contributed by atoms with E-state index in [1.807, 2.05) is 23.1 Å². The Morgan fingerprint density at radius 1 is 1.00 bits per heavy atom. The second-order valence-corrected chi connectivity index (χ2v) is 8.66. The third-order valence-electron chi connectivity index (χ3n) is 5.81. The number of likely N-dealkylation sites (tertiary alicyclic amines) is 1. The number of rotatable bonds is 5. The number of urea groups is 1. The van der Waals surface area contributed by atoms with E-state index >= 15 is 0 Å². The van der Waals surface area contributed by atoms with E-state index in [1.165, 1.54) is 17.7 Å². The van der Waals surface area contributed by atoms with Crippen LogP contribution in [0.4, 0.5) is 10.5 Å². The minimum absolute atomic E-state index is 0.000926. The lowest BCUT2D eigenvalue weighted by atomic mass is 9.97. The monoisotopic (exact) mass is 397 g/mol. The highest BCUT2D eigenvalue weighted by Crippen LogP contribution is 2.37. The van der Waals surface area contributed by atoms with Gasteiger partial charge in [-0.1, -0.05) is 31.0 Å². The Kier molecular flexibility index (Phi) is 5.95. The number of benzene rings is 1. The van der Waals surface area contributed by atoms with E-state index in [9.17, 15) is 9.59 Å². The lowest BCUT2D eigenvalue weighted by Crippen LogP contribution is -2.36. The number of nitrogens with one attached hydrogen (secondary N) is 2. The molecule has 0 bridgehead atoms. The number of hydrogen-bond donors (Lipinski definition) is 2. The molecular weight excluding hydrogens is 370 g/mol. The number of hydrogen-bond acceptors (Lipinski definition) is 3. The van der Waals surface area contributed by atoms with Crippen molar-refractivity contribution in [2.45, 2.75) is 44.6 Å². The van der Waals surface area contributed by atoms with E-state index in [-0.39, 0.29) is 18.0 Å². The maximum Gasteiger partial charge on any atom is 0.319 e. The molecule has 2 fully saturated rings. The quantitative estimate of drug-likeness (QED) is 0.743. The van der Waals surface area contributed by atoms with E-state index in [4.69, 9.17) is 0 Å². The Bertz CT molecular complexity index is 809. The summed E-state index contributed by atoms with van der Waals surface area (Å²) in [6, 6.07) is 11.2. The molecule has 3 amide bonds. The normalized spacial score (nSPS) is 18.2. The lowest BCUT2D eigenvalue weighted by Gasteiger charge is -2.24. The van der Waals surface area contributed by atoms with Crippen LogP contribution in [0.3, 0.4) is 0 Å². The molecule has 2 heterocycles. The van der Waals surface area contributed by atoms with Crippen molar-refractivity contribution in [2.75, 3.05) is 18.4 Å². The number of para-hydroxylation sites is 1. The smallest absolute Gasteiger partial charge is 0.319 e. The van der Waals surface area contributed by atoms with Crippen LogP contribution in [0.2, 0.25) is 0 Å². The first kappa shape index (κ1) is 19.0. The van der Waals surface area contributed by atoms with Crippen LogP contribution in [0.25, 0.3) is 0 Å². The number of thiophene rings is 1. The Balaban J connectivity index is 1.48. The van der Waals surface area contributed by atoms with Gasteiger partial charge in [-0.05, 0) is 55.2 Å². The summed E-state index contributed by atoms with van der Waals surface area (Å²) in [6.45, 7) is 1.59. The molecule has 148 valence electrons. The van der Waals surface area contributed by atoms with Crippen LogP contribution >= 0.6 is 11.3 Å². The molecule has 5 nitrogen and oxygen atoms in total. The summed E-state index contributed by atoms with van der Waals surface area (Å²) in [5, 5.41) is 8.18. The zero-order valence-electron chi connectivity index (χ0n) is 16.0. The Morgan fingerprint density at radius 3 is 2.46 bits per heavy atom. The minimum Gasteiger partial charge on any atom is -0.339 e. The third-order valence-corrected chi connectivity index (χ3v) is 6.76. The average molecular weight is 398 g/mol. The molecule has 1 aromatic carbocycles. The van der Waals surface area contributed by atoms with Crippen LogP contribution in [-0.2, 0) is 0 Å². The largest absolute Gasteiger partial charge is 0.339 e. The van der Waals surface area contributed by atoms with Crippen LogP contribution in [0.5, 0.6) is 0 Å². The van der Waals surface area contributed by atoms with Gasteiger partial charge in [-0.3, -0.25) is 4.79 Å². The van der Waals surface area contributed by atoms with Gasteiger partial charge in [0.05, 0.1) is 17.3 Å². The second-order valence-electron chi connectivity index (χ2n) is 7.68. The van der Waals surface area contributed by atoms with Gasteiger partial charge in [0, 0.05) is 18.0 Å². The second kappa shape index (κ2) is 8.78. The van der Waals surface area contributed by atoms with E-state index < -0.39 is 0 Å². The number of nitrogens with zero attached hydrogens (tertiary/aromatic N) is 1. The number of anilines is 1. The van der Waals surface area contributed by atoms with E-state index in [0.29, 0.717) is 17.2 Å². The van der Waals surface area contributed by atoms with Gasteiger partial charge >= 0.3 is 6.03 Å². The fourth-order valence-corrected chi connectivity index (χ4v) is 5.22. The van der Waals surface area contributed by atoms with Gasteiger partial charge < -0.3 is 15.5 Å². The standard InChI is InChI=1S/C22H27N3O2S/c26-21(25-13-5-6-14-25)17-10-3-4-11-18(17)23-22(27)24-20(16-8-1-2-9-16)19-12-7-15-28-19/h3-4,7,10-12,15-16,20H,1-2,5-6,8-9,13-14H2,(H2,23,24,27). The van der Waals surface area contributed by atoms with Gasteiger partial charge in [0.1, 0.15) is 0 Å². The fraction of sp³-hybridized carbons (Fsp3) is 0.455. The summed E-state index contributed by atoms with van der Waals surface area (Å²) >= 11 is 1.69. The Morgan fingerprint density at radius 2 is 1.75 bits per heavy atom. The van der Waals surface area contributed by atoms with E-state index in [0.717, 1.165) is 38.8 Å². The zero-order chi connectivity index (χ0) is 19.3. The van der Waals surface area contributed by atoms with Crippen molar-refractivity contribution in [2.24, 2.45) is 5.92 Å². The van der Waals surface area contributed by atoms with Gasteiger partial charge in [-0.15, -0.1) is 11.3 Å². The lowest BCUT2D eigenvalue weighted by molar-refractivity contribution is 0.0794. The molecule has 1 atom stereocenters. The van der Waals surface area contributed by atoms with Gasteiger partial charge in [0.2, 0.25) is 0 Å². The molecule has 1 saturated heterocycles. The summed E-state index contributed by atoms with van der Waals surface area (Å²) in [4.78, 5) is 28.7. The molecular formula is C22H27N3O2S. The summed E-state index contributed by atoms with van der Waals surface area (Å²) < 4.78 is 0. The highest BCUT2D eigenvalue weighted by atomic mass is 32.1. The average Bonchev–Trinajstić information content (AvgIpc) is 3.49. The summed E-state index contributed by atoms with van der Waals surface area (Å²) in [7, 11) is 0. The van der Waals surface area contributed by atoms with Gasteiger partial charge in [-0.25, -0.2) is 4.79 Å². The van der Waals surface area contributed by atoms with Crippen LogP contribution in [-0.4, -0.2) is 29.9 Å². The predicted octanol–water partition coefficient (Wildman–Crippen LogP) is 5.04. The molecule has 2 aromatic rings. The first-order valence-corrected chi connectivity index (χ1v) is 11.1. The highest BCUT2D eigenvalue weighted by Gasteiger charge is 2.29. The van der Waals surface area contributed by atoms with E-state index in [1.54, 1.807) is 23.5 Å². The topological polar surface area (TPSA) is 61.4 Å². The van der Waals surface area contributed by atoms with Crippen molar-refractivity contribution in [3.05, 3.63) is 52.2 Å². The number of amides is 3. The molecule has 1 saturated carbocycles. The van der Waals surface area contributed by atoms with Gasteiger partial charge in [0.25, 0.3) is 5.91 Å². The predicted molar refractivity (Wildman–Crippen MR) is 113 cm³/mol. The molecule has 4 rings (SSSR count). The minimum atomic E-state index is -0.244. The van der Waals surface area contributed by atoms with Gasteiger partial charge in [-0.2, -0.15) is 0 Å². The molecule has 28 heavy (non-hydrogen) atoms. The Labute approximate surface area is 170 Å². The molecule has 1 aromatic heterocycles. The number of carbonyl (C=O) groups is 2. The van der Waals surface area contributed by atoms with Crippen molar-refractivity contribution in [3.8, 4) is 0 Å². The SMILES string of the molecule is O=C(Nc1ccccc1C(=O)N1CCCC1)NC(c1cccs1)C1CCCC1. The first-order chi connectivity index (χ1) is 13.7. The van der Waals surface area contributed by atoms with Crippen molar-refractivity contribution < 1.29 is 9.59 Å². The van der Waals surface area contributed by atoms with Crippen LogP contribution < -0.4 is 10.6 Å². The number of carbonyl (C=O) groups excluding carboxylic acids is 2. The van der Waals surface area contributed by atoms with Crippen molar-refractivity contribution in [1.29, 1.82) is 0 Å².